The average molecular weight is 433 g/mol. The van der Waals surface area contributed by atoms with Gasteiger partial charge in [-0.1, -0.05) is 28.9 Å². The maximum Gasteiger partial charge on any atom is 0.294 e. The number of nitrogens with zero attached hydrogens (tertiary/aromatic N) is 3. The number of hydrogen-bond acceptors (Lipinski definition) is 7. The Kier molecular flexibility index (Phi) is 5.47. The number of hydrogen-bond donors (Lipinski definition) is 3. The molecule has 3 N–H and O–H groups in total. The Morgan fingerprint density at radius 1 is 1.06 bits per heavy atom. The van der Waals surface area contributed by atoms with Crippen LogP contribution in [-0.2, 0) is 0 Å². The van der Waals surface area contributed by atoms with E-state index in [1.165, 1.54) is 12.3 Å². The summed E-state index contributed by atoms with van der Waals surface area (Å²) in [5.41, 5.74) is 1.18. The summed E-state index contributed by atoms with van der Waals surface area (Å²) < 4.78 is 4.81. The van der Waals surface area contributed by atoms with Gasteiger partial charge in [-0.2, -0.15) is 5.26 Å². The molecule has 2 aromatic carbocycles. The van der Waals surface area contributed by atoms with Gasteiger partial charge >= 0.3 is 0 Å². The molecule has 0 aliphatic heterocycles. The second-order valence-electron chi connectivity index (χ2n) is 6.29. The first kappa shape index (κ1) is 19.9. The topological polar surface area (TPSA) is 137 Å². The van der Waals surface area contributed by atoms with E-state index in [1.807, 2.05) is 6.07 Å². The fraction of sp³-hybridized carbons (Fsp3) is 0. The molecule has 1 amide bonds. The minimum Gasteiger partial charge on any atom is -0.351 e. The van der Waals surface area contributed by atoms with Gasteiger partial charge in [0.1, 0.15) is 11.6 Å². The van der Waals surface area contributed by atoms with Gasteiger partial charge in [0.25, 0.3) is 11.5 Å². The quantitative estimate of drug-likeness (QED) is 0.434. The maximum atomic E-state index is 12.4. The fourth-order valence-corrected chi connectivity index (χ4v) is 2.88. The van der Waals surface area contributed by atoms with Crippen molar-refractivity contribution in [2.75, 3.05) is 10.6 Å². The molecule has 2 aromatic heterocycles. The third kappa shape index (κ3) is 4.44. The van der Waals surface area contributed by atoms with Crippen molar-refractivity contribution in [3.8, 4) is 17.3 Å². The minimum absolute atomic E-state index is 0.0741. The largest absolute Gasteiger partial charge is 0.351 e. The van der Waals surface area contributed by atoms with Crippen LogP contribution in [0.3, 0.4) is 0 Å². The SMILES string of the molecule is N#Cc1c(-c2ccc(NC(=O)c3ccno3)cc2)nc(Nc2ccc(Cl)cc2)[nH]c1=O. The van der Waals surface area contributed by atoms with Gasteiger partial charge in [0.05, 0.1) is 11.9 Å². The van der Waals surface area contributed by atoms with Crippen molar-refractivity contribution in [3.05, 3.63) is 87.5 Å². The number of aromatic amines is 1. The lowest BCUT2D eigenvalue weighted by molar-refractivity contribution is 0.0988. The summed E-state index contributed by atoms with van der Waals surface area (Å²) in [4.78, 5) is 31.4. The van der Waals surface area contributed by atoms with Crippen LogP contribution in [-0.4, -0.2) is 21.0 Å². The molecule has 0 aliphatic carbocycles. The molecule has 2 heterocycles. The number of carbonyl (C=O) groups excluding carboxylic acids is 1. The molecule has 0 unspecified atom stereocenters. The van der Waals surface area contributed by atoms with Crippen LogP contribution in [0.15, 0.2) is 70.1 Å². The molecule has 0 bridgehead atoms. The third-order valence-electron chi connectivity index (χ3n) is 4.22. The highest BCUT2D eigenvalue weighted by Crippen LogP contribution is 2.24. The van der Waals surface area contributed by atoms with E-state index in [0.717, 1.165) is 0 Å². The van der Waals surface area contributed by atoms with Crippen LogP contribution >= 0.6 is 11.6 Å². The zero-order chi connectivity index (χ0) is 21.8. The standard InChI is InChI=1S/C21H13ClN6O3/c22-13-3-7-15(8-4-13)26-21-27-18(16(11-23)19(29)28-21)12-1-5-14(6-2-12)25-20(30)17-9-10-24-31-17/h1-10H,(H,25,30)(H2,26,27,28,29). The van der Waals surface area contributed by atoms with E-state index in [2.05, 4.69) is 25.8 Å². The summed E-state index contributed by atoms with van der Waals surface area (Å²) in [6.07, 6.45) is 1.37. The number of halogens is 1. The smallest absolute Gasteiger partial charge is 0.294 e. The van der Waals surface area contributed by atoms with Crippen molar-refractivity contribution in [1.82, 2.24) is 15.1 Å². The molecule has 0 spiro atoms. The van der Waals surface area contributed by atoms with E-state index in [4.69, 9.17) is 16.1 Å². The van der Waals surface area contributed by atoms with E-state index < -0.39 is 11.5 Å². The van der Waals surface area contributed by atoms with Gasteiger partial charge in [0, 0.05) is 28.0 Å². The Morgan fingerprint density at radius 3 is 2.42 bits per heavy atom. The molecular formula is C21H13ClN6O3. The lowest BCUT2D eigenvalue weighted by Gasteiger charge is -2.10. The number of carbonyl (C=O) groups is 1. The second-order valence-corrected chi connectivity index (χ2v) is 6.73. The molecule has 4 rings (SSSR count). The summed E-state index contributed by atoms with van der Waals surface area (Å²) in [7, 11) is 0. The molecule has 152 valence electrons. The lowest BCUT2D eigenvalue weighted by atomic mass is 10.1. The summed E-state index contributed by atoms with van der Waals surface area (Å²) >= 11 is 5.89. The van der Waals surface area contributed by atoms with Gasteiger partial charge in [-0.05, 0) is 36.4 Å². The summed E-state index contributed by atoms with van der Waals surface area (Å²) in [5.74, 6) is -0.208. The minimum atomic E-state index is -0.577. The van der Waals surface area contributed by atoms with Crippen LogP contribution < -0.4 is 16.2 Å². The fourth-order valence-electron chi connectivity index (χ4n) is 2.75. The Hall–Kier alpha value is -4.42. The van der Waals surface area contributed by atoms with Crippen LogP contribution in [0.25, 0.3) is 11.3 Å². The zero-order valence-electron chi connectivity index (χ0n) is 15.7. The average Bonchev–Trinajstić information content (AvgIpc) is 3.31. The number of rotatable bonds is 5. The monoisotopic (exact) mass is 432 g/mol. The number of nitrogens with one attached hydrogen (secondary N) is 3. The zero-order valence-corrected chi connectivity index (χ0v) is 16.5. The van der Waals surface area contributed by atoms with Crippen molar-refractivity contribution in [2.24, 2.45) is 0 Å². The molecule has 0 fully saturated rings. The first-order chi connectivity index (χ1) is 15.0. The molecular weight excluding hydrogens is 420 g/mol. The maximum absolute atomic E-state index is 12.4. The van der Waals surface area contributed by atoms with E-state index in [0.29, 0.717) is 22.0 Å². The highest BCUT2D eigenvalue weighted by Gasteiger charge is 2.15. The first-order valence-corrected chi connectivity index (χ1v) is 9.31. The molecule has 0 aliphatic rings. The third-order valence-corrected chi connectivity index (χ3v) is 4.47. The Labute approximate surface area is 180 Å². The number of benzene rings is 2. The lowest BCUT2D eigenvalue weighted by Crippen LogP contribution is -2.16. The Morgan fingerprint density at radius 2 is 1.77 bits per heavy atom. The van der Waals surface area contributed by atoms with Gasteiger partial charge in [-0.25, -0.2) is 4.98 Å². The van der Waals surface area contributed by atoms with Gasteiger partial charge in [0.2, 0.25) is 11.7 Å². The van der Waals surface area contributed by atoms with Crippen LogP contribution in [0.4, 0.5) is 17.3 Å². The van der Waals surface area contributed by atoms with Gasteiger partial charge < -0.3 is 15.2 Å². The Balaban J connectivity index is 1.62. The van der Waals surface area contributed by atoms with Crippen LogP contribution in [0, 0.1) is 11.3 Å². The van der Waals surface area contributed by atoms with E-state index >= 15 is 0 Å². The molecule has 0 saturated heterocycles. The number of nitriles is 1. The van der Waals surface area contributed by atoms with Crippen molar-refractivity contribution in [1.29, 1.82) is 5.26 Å². The van der Waals surface area contributed by atoms with Gasteiger partial charge in [-0.3, -0.25) is 14.6 Å². The normalized spacial score (nSPS) is 10.3. The molecule has 9 nitrogen and oxygen atoms in total. The van der Waals surface area contributed by atoms with Crippen LogP contribution in [0.2, 0.25) is 5.02 Å². The van der Waals surface area contributed by atoms with E-state index in [-0.39, 0.29) is 23.0 Å². The molecule has 0 atom stereocenters. The molecule has 0 saturated carbocycles. The predicted molar refractivity (Wildman–Crippen MR) is 114 cm³/mol. The summed E-state index contributed by atoms with van der Waals surface area (Å²) in [6, 6.07) is 16.7. The molecule has 31 heavy (non-hydrogen) atoms. The van der Waals surface area contributed by atoms with Gasteiger partial charge in [0.15, 0.2) is 0 Å². The highest BCUT2D eigenvalue weighted by atomic mass is 35.5. The summed E-state index contributed by atoms with van der Waals surface area (Å²) in [5, 5.41) is 19.1. The van der Waals surface area contributed by atoms with E-state index in [9.17, 15) is 14.9 Å². The predicted octanol–water partition coefficient (Wildman–Crippen LogP) is 3.95. The number of aromatic nitrogens is 3. The molecule has 4 aromatic rings. The van der Waals surface area contributed by atoms with Crippen LogP contribution in [0.5, 0.6) is 0 Å². The summed E-state index contributed by atoms with van der Waals surface area (Å²) in [6.45, 7) is 0. The van der Waals surface area contributed by atoms with Crippen molar-refractivity contribution >= 4 is 34.8 Å². The van der Waals surface area contributed by atoms with Gasteiger partial charge in [-0.15, -0.1) is 0 Å². The second kappa shape index (κ2) is 8.52. The van der Waals surface area contributed by atoms with Crippen LogP contribution in [0.1, 0.15) is 16.1 Å². The highest BCUT2D eigenvalue weighted by molar-refractivity contribution is 6.30. The van der Waals surface area contributed by atoms with Crippen molar-refractivity contribution in [3.63, 3.8) is 0 Å². The van der Waals surface area contributed by atoms with E-state index in [1.54, 1.807) is 48.5 Å². The van der Waals surface area contributed by atoms with Crippen molar-refractivity contribution < 1.29 is 9.32 Å². The first-order valence-electron chi connectivity index (χ1n) is 8.93. The number of anilines is 3. The molecule has 10 heteroatoms. The Bertz CT molecular complexity index is 1320. The number of H-pyrrole nitrogens is 1. The molecule has 0 radical (unpaired) electrons. The number of amides is 1. The van der Waals surface area contributed by atoms with Crippen molar-refractivity contribution in [2.45, 2.75) is 0 Å².